The number of carbonyl (C=O) groups excluding carboxylic acids is 1. The van der Waals surface area contributed by atoms with Crippen LogP contribution in [0, 0.1) is 0 Å². The van der Waals surface area contributed by atoms with Gasteiger partial charge in [-0.2, -0.15) is 0 Å². The average Bonchev–Trinajstić information content (AvgIpc) is 2.42. The minimum atomic E-state index is -0.258. The predicted molar refractivity (Wildman–Crippen MR) is 79.8 cm³/mol. The maximum atomic E-state index is 11.6. The van der Waals surface area contributed by atoms with Crippen molar-refractivity contribution in [1.82, 2.24) is 0 Å². The van der Waals surface area contributed by atoms with Crippen LogP contribution in [-0.2, 0) is 9.53 Å². The first-order chi connectivity index (χ1) is 9.22. The number of hydrogen-bond acceptors (Lipinski definition) is 2. The average molecular weight is 260 g/mol. The number of rotatable bonds is 8. The number of carbonyl (C=O) groups is 1. The molecule has 0 heterocycles. The molecule has 2 nitrogen and oxygen atoms in total. The molecule has 0 amide bonds. The lowest BCUT2D eigenvalue weighted by atomic mass is 10.1. The molecule has 0 spiro atoms. The number of ether oxygens (including phenoxy) is 1. The summed E-state index contributed by atoms with van der Waals surface area (Å²) in [4.78, 5) is 11.6. The number of esters is 1. The lowest BCUT2D eigenvalue weighted by molar-refractivity contribution is -0.142. The van der Waals surface area contributed by atoms with E-state index in [1.54, 1.807) is 6.08 Å². The van der Waals surface area contributed by atoms with Gasteiger partial charge in [0.15, 0.2) is 0 Å². The summed E-state index contributed by atoms with van der Waals surface area (Å²) in [6.07, 6.45) is 9.07. The highest BCUT2D eigenvalue weighted by molar-refractivity contribution is 5.87. The van der Waals surface area contributed by atoms with Crippen molar-refractivity contribution in [1.29, 1.82) is 0 Å². The van der Waals surface area contributed by atoms with Crippen LogP contribution in [-0.4, -0.2) is 12.1 Å². The molecule has 0 fully saturated rings. The van der Waals surface area contributed by atoms with Gasteiger partial charge in [-0.15, -0.1) is 0 Å². The molecule has 0 saturated carbocycles. The van der Waals surface area contributed by atoms with Gasteiger partial charge in [0, 0.05) is 6.08 Å². The molecule has 1 atom stereocenters. The molecule has 0 bridgehead atoms. The van der Waals surface area contributed by atoms with Crippen molar-refractivity contribution < 1.29 is 9.53 Å². The Labute approximate surface area is 116 Å². The molecule has 0 N–H and O–H groups in total. The lowest BCUT2D eigenvalue weighted by Gasteiger charge is -2.11. The zero-order chi connectivity index (χ0) is 13.9. The third kappa shape index (κ3) is 7.45. The van der Waals surface area contributed by atoms with E-state index in [2.05, 4.69) is 6.92 Å². The van der Waals surface area contributed by atoms with Gasteiger partial charge in [0.1, 0.15) is 0 Å². The highest BCUT2D eigenvalue weighted by atomic mass is 16.5. The van der Waals surface area contributed by atoms with Crippen LogP contribution in [0.5, 0.6) is 0 Å². The SMILES string of the molecule is CCCCCCC(C)OC(=O)C=Cc1ccccc1. The smallest absolute Gasteiger partial charge is 0.331 e. The number of benzene rings is 1. The van der Waals surface area contributed by atoms with E-state index in [9.17, 15) is 4.79 Å². The van der Waals surface area contributed by atoms with Crippen molar-refractivity contribution >= 4 is 12.0 Å². The van der Waals surface area contributed by atoms with Gasteiger partial charge >= 0.3 is 5.97 Å². The quantitative estimate of drug-likeness (QED) is 0.388. The minimum Gasteiger partial charge on any atom is -0.460 e. The van der Waals surface area contributed by atoms with Crippen molar-refractivity contribution in [3.63, 3.8) is 0 Å². The van der Waals surface area contributed by atoms with E-state index in [0.29, 0.717) is 0 Å². The summed E-state index contributed by atoms with van der Waals surface area (Å²) in [5.41, 5.74) is 1.01. The predicted octanol–water partition coefficient (Wildman–Crippen LogP) is 4.60. The van der Waals surface area contributed by atoms with E-state index in [1.165, 1.54) is 25.3 Å². The maximum Gasteiger partial charge on any atom is 0.331 e. The van der Waals surface area contributed by atoms with Crippen LogP contribution in [0.3, 0.4) is 0 Å². The van der Waals surface area contributed by atoms with E-state index >= 15 is 0 Å². The molecule has 1 rings (SSSR count). The van der Waals surface area contributed by atoms with E-state index in [-0.39, 0.29) is 12.1 Å². The Hall–Kier alpha value is -1.57. The van der Waals surface area contributed by atoms with Crippen molar-refractivity contribution in [2.45, 2.75) is 52.1 Å². The summed E-state index contributed by atoms with van der Waals surface area (Å²) >= 11 is 0. The fourth-order valence-corrected chi connectivity index (χ4v) is 1.88. The summed E-state index contributed by atoms with van der Waals surface area (Å²) < 4.78 is 5.33. The Morgan fingerprint density at radius 3 is 2.63 bits per heavy atom. The Bertz CT molecular complexity index is 382. The molecule has 2 heteroatoms. The molecule has 104 valence electrons. The van der Waals surface area contributed by atoms with Crippen LogP contribution in [0.2, 0.25) is 0 Å². The van der Waals surface area contributed by atoms with Gasteiger partial charge in [-0.1, -0.05) is 56.5 Å². The normalized spacial score (nSPS) is 12.5. The van der Waals surface area contributed by atoms with Crippen molar-refractivity contribution in [3.8, 4) is 0 Å². The second-order valence-corrected chi connectivity index (χ2v) is 4.84. The Balaban J connectivity index is 2.25. The first-order valence-electron chi connectivity index (χ1n) is 7.16. The topological polar surface area (TPSA) is 26.3 Å². The Morgan fingerprint density at radius 2 is 1.95 bits per heavy atom. The molecule has 0 aliphatic rings. The monoisotopic (exact) mass is 260 g/mol. The molecule has 0 saturated heterocycles. The molecule has 0 aromatic heterocycles. The van der Waals surface area contributed by atoms with E-state index < -0.39 is 0 Å². The highest BCUT2D eigenvalue weighted by Crippen LogP contribution is 2.08. The van der Waals surface area contributed by atoms with Crippen LogP contribution < -0.4 is 0 Å². The van der Waals surface area contributed by atoms with Gasteiger partial charge in [0.05, 0.1) is 6.10 Å². The van der Waals surface area contributed by atoms with E-state index in [4.69, 9.17) is 4.74 Å². The maximum absolute atomic E-state index is 11.6. The van der Waals surface area contributed by atoms with Crippen LogP contribution >= 0.6 is 0 Å². The Morgan fingerprint density at radius 1 is 1.21 bits per heavy atom. The second-order valence-electron chi connectivity index (χ2n) is 4.84. The third-order valence-corrected chi connectivity index (χ3v) is 2.99. The second kappa shape index (κ2) is 9.37. The van der Waals surface area contributed by atoms with Crippen LogP contribution in [0.1, 0.15) is 51.5 Å². The van der Waals surface area contributed by atoms with Gasteiger partial charge in [-0.05, 0) is 31.4 Å². The molecule has 1 unspecified atom stereocenters. The molecule has 19 heavy (non-hydrogen) atoms. The first kappa shape index (κ1) is 15.5. The molecule has 1 aromatic carbocycles. The van der Waals surface area contributed by atoms with Gasteiger partial charge in [0.2, 0.25) is 0 Å². The van der Waals surface area contributed by atoms with Crippen LogP contribution in [0.4, 0.5) is 0 Å². The third-order valence-electron chi connectivity index (χ3n) is 2.99. The summed E-state index contributed by atoms with van der Waals surface area (Å²) in [5, 5.41) is 0. The fourth-order valence-electron chi connectivity index (χ4n) is 1.88. The van der Waals surface area contributed by atoms with Crippen LogP contribution in [0.25, 0.3) is 6.08 Å². The fraction of sp³-hybridized carbons (Fsp3) is 0.471. The number of unbranched alkanes of at least 4 members (excludes halogenated alkanes) is 3. The minimum absolute atomic E-state index is 0.00443. The summed E-state index contributed by atoms with van der Waals surface area (Å²) in [6.45, 7) is 4.15. The van der Waals surface area contributed by atoms with Crippen molar-refractivity contribution in [3.05, 3.63) is 42.0 Å². The first-order valence-corrected chi connectivity index (χ1v) is 7.16. The molecule has 0 radical (unpaired) electrons. The highest BCUT2D eigenvalue weighted by Gasteiger charge is 2.06. The molecular weight excluding hydrogens is 236 g/mol. The zero-order valence-electron chi connectivity index (χ0n) is 12.0. The Kier molecular flexibility index (Phi) is 7.64. The van der Waals surface area contributed by atoms with Crippen molar-refractivity contribution in [2.75, 3.05) is 0 Å². The molecular formula is C17H24O2. The largest absolute Gasteiger partial charge is 0.460 e. The van der Waals surface area contributed by atoms with E-state index in [1.807, 2.05) is 37.3 Å². The van der Waals surface area contributed by atoms with Crippen molar-refractivity contribution in [2.24, 2.45) is 0 Å². The zero-order valence-corrected chi connectivity index (χ0v) is 12.0. The lowest BCUT2D eigenvalue weighted by Crippen LogP contribution is -2.12. The van der Waals surface area contributed by atoms with Crippen LogP contribution in [0.15, 0.2) is 36.4 Å². The summed E-state index contributed by atoms with van der Waals surface area (Å²) in [7, 11) is 0. The standard InChI is InChI=1S/C17H24O2/c1-3-4-5-7-10-15(2)19-17(18)14-13-16-11-8-6-9-12-16/h6,8-9,11-15H,3-5,7,10H2,1-2H3. The van der Waals surface area contributed by atoms with Gasteiger partial charge < -0.3 is 4.74 Å². The summed E-state index contributed by atoms with van der Waals surface area (Å²) in [5.74, 6) is -0.258. The van der Waals surface area contributed by atoms with Gasteiger partial charge in [-0.25, -0.2) is 4.79 Å². The summed E-state index contributed by atoms with van der Waals surface area (Å²) in [6, 6.07) is 9.76. The van der Waals surface area contributed by atoms with Gasteiger partial charge in [-0.3, -0.25) is 0 Å². The van der Waals surface area contributed by atoms with E-state index in [0.717, 1.165) is 18.4 Å². The molecule has 0 aliphatic heterocycles. The molecule has 1 aromatic rings. The number of hydrogen-bond donors (Lipinski definition) is 0. The molecule has 0 aliphatic carbocycles. The van der Waals surface area contributed by atoms with Gasteiger partial charge in [0.25, 0.3) is 0 Å².